The smallest absolute Gasteiger partial charge is 0.208 e. The highest BCUT2D eigenvalue weighted by atomic mass is 16.6. The van der Waals surface area contributed by atoms with Crippen LogP contribution in [-0.4, -0.2) is 31.0 Å². The zero-order chi connectivity index (χ0) is 19.5. The standard InChI is InChI=1S/C19H29N5O2/c1-7-12-26-23-16(5)15(4)21-22-19(8-2)25-13-17-14(3)10-9-11-18(17)24(6)20/h7,9-11H,1,8,12-13,20H2,2-6H3/b21-15?,22-19?,23-16+. The van der Waals surface area contributed by atoms with E-state index < -0.39 is 0 Å². The van der Waals surface area contributed by atoms with E-state index in [1.165, 1.54) is 0 Å². The first-order chi connectivity index (χ1) is 12.4. The Balaban J connectivity index is 2.85. The molecule has 26 heavy (non-hydrogen) atoms. The normalized spacial score (nSPS) is 12.8. The number of nitrogens with zero attached hydrogens (tertiary/aromatic N) is 4. The number of hydrogen-bond acceptors (Lipinski definition) is 7. The van der Waals surface area contributed by atoms with Gasteiger partial charge in [0.1, 0.15) is 13.2 Å². The molecule has 0 amide bonds. The van der Waals surface area contributed by atoms with Crippen LogP contribution in [-0.2, 0) is 16.2 Å². The fraction of sp³-hybridized carbons (Fsp3) is 0.421. The first-order valence-corrected chi connectivity index (χ1v) is 8.49. The van der Waals surface area contributed by atoms with E-state index in [2.05, 4.69) is 21.9 Å². The first-order valence-electron chi connectivity index (χ1n) is 8.49. The third-order valence-corrected chi connectivity index (χ3v) is 3.68. The molecular formula is C19H29N5O2. The average Bonchev–Trinajstić information content (AvgIpc) is 2.62. The minimum atomic E-state index is 0.353. The van der Waals surface area contributed by atoms with Crippen LogP contribution in [0.15, 0.2) is 46.2 Å². The molecule has 0 spiro atoms. The fourth-order valence-electron chi connectivity index (χ4n) is 2.02. The molecule has 0 radical (unpaired) electrons. The van der Waals surface area contributed by atoms with E-state index in [4.69, 9.17) is 15.4 Å². The Labute approximate surface area is 155 Å². The number of ether oxygens (including phenoxy) is 1. The van der Waals surface area contributed by atoms with Gasteiger partial charge in [0.25, 0.3) is 0 Å². The Bertz CT molecular complexity index is 693. The molecule has 1 aromatic rings. The molecule has 0 heterocycles. The largest absolute Gasteiger partial charge is 0.475 e. The van der Waals surface area contributed by atoms with Crippen molar-refractivity contribution in [2.45, 2.75) is 40.7 Å². The number of hydrazine groups is 1. The maximum absolute atomic E-state index is 5.90. The summed E-state index contributed by atoms with van der Waals surface area (Å²) in [7, 11) is 1.80. The maximum atomic E-state index is 5.90. The van der Waals surface area contributed by atoms with Crippen LogP contribution in [0.1, 0.15) is 38.3 Å². The number of aryl methyl sites for hydroxylation is 1. The summed E-state index contributed by atoms with van der Waals surface area (Å²) in [6.45, 7) is 11.9. The summed E-state index contributed by atoms with van der Waals surface area (Å²) >= 11 is 0. The van der Waals surface area contributed by atoms with Crippen LogP contribution in [0.5, 0.6) is 0 Å². The second-order valence-electron chi connectivity index (χ2n) is 5.77. The number of rotatable bonds is 9. The number of hydrogen-bond donors (Lipinski definition) is 1. The number of anilines is 1. The second kappa shape index (κ2) is 11.0. The van der Waals surface area contributed by atoms with Crippen LogP contribution in [0.4, 0.5) is 5.69 Å². The Morgan fingerprint density at radius 3 is 2.62 bits per heavy atom. The Morgan fingerprint density at radius 1 is 1.27 bits per heavy atom. The minimum absolute atomic E-state index is 0.353. The maximum Gasteiger partial charge on any atom is 0.208 e. The van der Waals surface area contributed by atoms with E-state index in [-0.39, 0.29) is 0 Å². The molecule has 0 aliphatic carbocycles. The van der Waals surface area contributed by atoms with E-state index in [1.54, 1.807) is 25.1 Å². The van der Waals surface area contributed by atoms with Gasteiger partial charge >= 0.3 is 0 Å². The summed E-state index contributed by atoms with van der Waals surface area (Å²) in [5.41, 5.74) is 4.36. The van der Waals surface area contributed by atoms with Crippen LogP contribution < -0.4 is 10.9 Å². The van der Waals surface area contributed by atoms with E-state index >= 15 is 0 Å². The van der Waals surface area contributed by atoms with Gasteiger partial charge in [0, 0.05) is 19.0 Å². The van der Waals surface area contributed by atoms with Crippen molar-refractivity contribution in [1.29, 1.82) is 0 Å². The van der Waals surface area contributed by atoms with Crippen molar-refractivity contribution in [3.63, 3.8) is 0 Å². The van der Waals surface area contributed by atoms with Crippen molar-refractivity contribution in [2.24, 2.45) is 21.2 Å². The topological polar surface area (TPSA) is 84.8 Å². The third-order valence-electron chi connectivity index (χ3n) is 3.68. The molecule has 0 aromatic heterocycles. The monoisotopic (exact) mass is 359 g/mol. The molecule has 0 fully saturated rings. The SMILES string of the molecule is C=CCO/N=C(\C)C(C)=NN=C(CC)OCc1c(C)cccc1N(C)N. The molecule has 0 aliphatic rings. The molecule has 2 N–H and O–H groups in total. The molecule has 0 aliphatic heterocycles. The minimum Gasteiger partial charge on any atom is -0.475 e. The van der Waals surface area contributed by atoms with Gasteiger partial charge in [-0.05, 0) is 32.4 Å². The van der Waals surface area contributed by atoms with Crippen LogP contribution >= 0.6 is 0 Å². The molecule has 0 saturated heterocycles. The molecule has 0 atom stereocenters. The van der Waals surface area contributed by atoms with Crippen LogP contribution in [0.3, 0.4) is 0 Å². The van der Waals surface area contributed by atoms with Crippen LogP contribution in [0.2, 0.25) is 0 Å². The van der Waals surface area contributed by atoms with Gasteiger partial charge in [-0.3, -0.25) is 0 Å². The zero-order valence-corrected chi connectivity index (χ0v) is 16.3. The lowest BCUT2D eigenvalue weighted by molar-refractivity contribution is 0.175. The van der Waals surface area contributed by atoms with E-state index in [9.17, 15) is 0 Å². The summed E-state index contributed by atoms with van der Waals surface area (Å²) in [5, 5.41) is 13.9. The van der Waals surface area contributed by atoms with Gasteiger partial charge in [-0.1, -0.05) is 36.9 Å². The average molecular weight is 359 g/mol. The second-order valence-corrected chi connectivity index (χ2v) is 5.77. The highest BCUT2D eigenvalue weighted by molar-refractivity contribution is 6.40. The first kappa shape index (κ1) is 21.4. The van der Waals surface area contributed by atoms with Crippen molar-refractivity contribution in [3.05, 3.63) is 42.0 Å². The Morgan fingerprint density at radius 2 is 2.00 bits per heavy atom. The lowest BCUT2D eigenvalue weighted by Gasteiger charge is -2.19. The number of benzene rings is 1. The van der Waals surface area contributed by atoms with Gasteiger partial charge in [-0.15, -0.1) is 5.10 Å². The summed E-state index contributed by atoms with van der Waals surface area (Å²) in [6, 6.07) is 5.95. The van der Waals surface area contributed by atoms with Crippen molar-refractivity contribution < 1.29 is 9.57 Å². The molecular weight excluding hydrogens is 330 g/mol. The molecule has 7 nitrogen and oxygen atoms in total. The Kier molecular flexibility index (Phi) is 9.08. The predicted octanol–water partition coefficient (Wildman–Crippen LogP) is 3.58. The van der Waals surface area contributed by atoms with E-state index in [1.807, 2.05) is 39.0 Å². The van der Waals surface area contributed by atoms with Gasteiger partial charge < -0.3 is 14.6 Å². The summed E-state index contributed by atoms with van der Waals surface area (Å²) < 4.78 is 5.85. The molecule has 0 unspecified atom stereocenters. The summed E-state index contributed by atoms with van der Waals surface area (Å²) in [5.74, 6) is 6.44. The molecule has 7 heteroatoms. The molecule has 1 rings (SSSR count). The lowest BCUT2D eigenvalue weighted by Crippen LogP contribution is -2.26. The fourth-order valence-corrected chi connectivity index (χ4v) is 2.02. The van der Waals surface area contributed by atoms with Crippen molar-refractivity contribution in [2.75, 3.05) is 18.7 Å². The number of nitrogens with two attached hydrogens (primary N) is 1. The highest BCUT2D eigenvalue weighted by Gasteiger charge is 2.09. The lowest BCUT2D eigenvalue weighted by atomic mass is 10.1. The van der Waals surface area contributed by atoms with Gasteiger partial charge in [-0.2, -0.15) is 5.10 Å². The van der Waals surface area contributed by atoms with Crippen molar-refractivity contribution in [3.8, 4) is 0 Å². The van der Waals surface area contributed by atoms with Crippen LogP contribution in [0, 0.1) is 6.92 Å². The predicted molar refractivity (Wildman–Crippen MR) is 109 cm³/mol. The van der Waals surface area contributed by atoms with Gasteiger partial charge in [0.2, 0.25) is 5.90 Å². The quantitative estimate of drug-likeness (QED) is 0.182. The van der Waals surface area contributed by atoms with Gasteiger partial charge in [0.15, 0.2) is 0 Å². The molecule has 0 saturated carbocycles. The van der Waals surface area contributed by atoms with Gasteiger partial charge in [0.05, 0.1) is 17.1 Å². The van der Waals surface area contributed by atoms with E-state index in [0.29, 0.717) is 37.0 Å². The molecule has 142 valence electrons. The van der Waals surface area contributed by atoms with Gasteiger partial charge in [-0.25, -0.2) is 5.84 Å². The Hall–Kier alpha value is -2.67. The van der Waals surface area contributed by atoms with E-state index in [0.717, 1.165) is 16.8 Å². The summed E-state index contributed by atoms with van der Waals surface area (Å²) in [4.78, 5) is 5.05. The van der Waals surface area contributed by atoms with Crippen molar-refractivity contribution >= 4 is 23.0 Å². The zero-order valence-electron chi connectivity index (χ0n) is 16.3. The van der Waals surface area contributed by atoms with Crippen molar-refractivity contribution in [1.82, 2.24) is 0 Å². The third kappa shape index (κ3) is 6.68. The number of oxime groups is 1. The molecule has 0 bridgehead atoms. The molecule has 1 aromatic carbocycles. The summed E-state index contributed by atoms with van der Waals surface area (Å²) in [6.07, 6.45) is 2.25. The van der Waals surface area contributed by atoms with Crippen LogP contribution in [0.25, 0.3) is 0 Å². The highest BCUT2D eigenvalue weighted by Crippen LogP contribution is 2.22.